The third-order valence-electron chi connectivity index (χ3n) is 7.11. The zero-order valence-corrected chi connectivity index (χ0v) is 20.9. The van der Waals surface area contributed by atoms with Gasteiger partial charge in [0.05, 0.1) is 4.90 Å². The van der Waals surface area contributed by atoms with Crippen molar-refractivity contribution in [2.24, 2.45) is 5.92 Å². The molecule has 2 saturated heterocycles. The Morgan fingerprint density at radius 3 is 2.40 bits per heavy atom. The molecule has 3 aromatic rings. The summed E-state index contributed by atoms with van der Waals surface area (Å²) >= 11 is 0. The highest BCUT2D eigenvalue weighted by molar-refractivity contribution is 7.89. The molecule has 1 amide bonds. The SMILES string of the molecule is Cc1ccc(S(=O)(=O)N2CCC(C(=O)N3CCC[C@@H]3c3nc(-c4ccccc4C)no3)CC2)cc1. The van der Waals surface area contributed by atoms with Crippen LogP contribution < -0.4 is 0 Å². The number of sulfonamides is 1. The first kappa shape index (κ1) is 23.7. The number of aromatic nitrogens is 2. The lowest BCUT2D eigenvalue weighted by molar-refractivity contribution is -0.138. The normalized spacial score (nSPS) is 19.8. The third kappa shape index (κ3) is 4.62. The van der Waals surface area contributed by atoms with E-state index in [1.54, 1.807) is 24.3 Å². The topological polar surface area (TPSA) is 96.6 Å². The van der Waals surface area contributed by atoms with Gasteiger partial charge in [-0.3, -0.25) is 4.79 Å². The Morgan fingerprint density at radius 2 is 1.69 bits per heavy atom. The molecule has 0 spiro atoms. The molecule has 2 fully saturated rings. The summed E-state index contributed by atoms with van der Waals surface area (Å²) in [5.41, 5.74) is 2.99. The Labute approximate surface area is 206 Å². The average molecular weight is 495 g/mol. The van der Waals surface area contributed by atoms with E-state index in [1.165, 1.54) is 4.31 Å². The van der Waals surface area contributed by atoms with Crippen LogP contribution in [0.1, 0.15) is 48.7 Å². The van der Waals surface area contributed by atoms with E-state index in [1.807, 2.05) is 43.0 Å². The molecule has 8 nitrogen and oxygen atoms in total. The van der Waals surface area contributed by atoms with Gasteiger partial charge in [-0.25, -0.2) is 8.42 Å². The van der Waals surface area contributed by atoms with Crippen LogP contribution in [0.2, 0.25) is 0 Å². The highest BCUT2D eigenvalue weighted by atomic mass is 32.2. The number of benzene rings is 2. The van der Waals surface area contributed by atoms with Gasteiger partial charge in [0.2, 0.25) is 27.6 Å². The highest BCUT2D eigenvalue weighted by Crippen LogP contribution is 2.35. The maximum atomic E-state index is 13.4. The second-order valence-electron chi connectivity index (χ2n) is 9.45. The van der Waals surface area contributed by atoms with E-state index in [4.69, 9.17) is 4.52 Å². The second-order valence-corrected chi connectivity index (χ2v) is 11.4. The summed E-state index contributed by atoms with van der Waals surface area (Å²) in [7, 11) is -3.55. The van der Waals surface area contributed by atoms with Crippen molar-refractivity contribution in [3.63, 3.8) is 0 Å². The molecule has 9 heteroatoms. The van der Waals surface area contributed by atoms with E-state index in [0.29, 0.717) is 49.1 Å². The zero-order chi connectivity index (χ0) is 24.6. The molecule has 2 aromatic carbocycles. The van der Waals surface area contributed by atoms with E-state index in [9.17, 15) is 13.2 Å². The predicted molar refractivity (Wildman–Crippen MR) is 131 cm³/mol. The van der Waals surface area contributed by atoms with Crippen molar-refractivity contribution in [3.8, 4) is 11.4 Å². The van der Waals surface area contributed by atoms with Gasteiger partial charge in [0.15, 0.2) is 0 Å². The average Bonchev–Trinajstić information content (AvgIpc) is 3.54. The standard InChI is InChI=1S/C26H30N4O4S/c1-18-9-11-21(12-10-18)35(32,33)29-16-13-20(14-17-29)26(31)30-15-5-8-23(30)25-27-24(28-34-25)22-7-4-3-6-19(22)2/h3-4,6-7,9-12,20,23H,5,8,13-17H2,1-2H3/t23-/m1/s1. The van der Waals surface area contributed by atoms with Crippen LogP contribution in [-0.4, -0.2) is 53.3 Å². The van der Waals surface area contributed by atoms with Crippen molar-refractivity contribution in [2.45, 2.75) is 50.5 Å². The van der Waals surface area contributed by atoms with Crippen molar-refractivity contribution in [3.05, 3.63) is 65.5 Å². The fourth-order valence-electron chi connectivity index (χ4n) is 5.03. The van der Waals surface area contributed by atoms with Crippen LogP contribution in [0.4, 0.5) is 0 Å². The van der Waals surface area contributed by atoms with Crippen LogP contribution in [0, 0.1) is 19.8 Å². The van der Waals surface area contributed by atoms with Gasteiger partial charge in [-0.2, -0.15) is 9.29 Å². The number of hydrogen-bond donors (Lipinski definition) is 0. The van der Waals surface area contributed by atoms with Crippen molar-refractivity contribution in [2.75, 3.05) is 19.6 Å². The molecule has 0 bridgehead atoms. The van der Waals surface area contributed by atoms with E-state index in [2.05, 4.69) is 10.1 Å². The largest absolute Gasteiger partial charge is 0.337 e. The molecule has 5 rings (SSSR count). The number of nitrogens with zero attached hydrogens (tertiary/aromatic N) is 4. The van der Waals surface area contributed by atoms with Crippen molar-refractivity contribution < 1.29 is 17.7 Å². The van der Waals surface area contributed by atoms with Gasteiger partial charge in [-0.1, -0.05) is 47.1 Å². The number of aryl methyl sites for hydroxylation is 2. The number of hydrogen-bond acceptors (Lipinski definition) is 6. The molecule has 35 heavy (non-hydrogen) atoms. The van der Waals surface area contributed by atoms with E-state index in [0.717, 1.165) is 29.5 Å². The predicted octanol–water partition coefficient (Wildman–Crippen LogP) is 4.12. The van der Waals surface area contributed by atoms with Gasteiger partial charge in [0.1, 0.15) is 6.04 Å². The minimum absolute atomic E-state index is 0.0514. The maximum Gasteiger partial charge on any atom is 0.249 e. The number of likely N-dealkylation sites (tertiary alicyclic amines) is 1. The Hall–Kier alpha value is -3.04. The van der Waals surface area contributed by atoms with Crippen molar-refractivity contribution in [1.82, 2.24) is 19.3 Å². The lowest BCUT2D eigenvalue weighted by Gasteiger charge is -2.33. The molecule has 0 N–H and O–H groups in total. The minimum atomic E-state index is -3.55. The van der Waals surface area contributed by atoms with Gasteiger partial charge >= 0.3 is 0 Å². The van der Waals surface area contributed by atoms with Gasteiger partial charge in [0, 0.05) is 31.1 Å². The molecule has 2 aliphatic rings. The van der Waals surface area contributed by atoms with Gasteiger partial charge in [0.25, 0.3) is 0 Å². The van der Waals surface area contributed by atoms with Crippen LogP contribution in [-0.2, 0) is 14.8 Å². The molecule has 0 radical (unpaired) electrons. The molecular formula is C26H30N4O4S. The summed E-state index contributed by atoms with van der Waals surface area (Å²) in [6, 6.07) is 14.5. The quantitative estimate of drug-likeness (QED) is 0.529. The minimum Gasteiger partial charge on any atom is -0.337 e. The first-order chi connectivity index (χ1) is 16.8. The number of rotatable bonds is 5. The zero-order valence-electron chi connectivity index (χ0n) is 20.1. The van der Waals surface area contributed by atoms with E-state index in [-0.39, 0.29) is 17.9 Å². The monoisotopic (exact) mass is 494 g/mol. The van der Waals surface area contributed by atoms with Crippen LogP contribution in [0.15, 0.2) is 57.9 Å². The van der Waals surface area contributed by atoms with Gasteiger partial charge in [-0.15, -0.1) is 0 Å². The summed E-state index contributed by atoms with van der Waals surface area (Å²) in [6.07, 6.45) is 2.66. The van der Waals surface area contributed by atoms with Crippen molar-refractivity contribution in [1.29, 1.82) is 0 Å². The highest BCUT2D eigenvalue weighted by Gasteiger charge is 2.39. The molecule has 3 heterocycles. The summed E-state index contributed by atoms with van der Waals surface area (Å²) in [5.74, 6) is 0.842. The molecular weight excluding hydrogens is 464 g/mol. The van der Waals surface area contributed by atoms with Gasteiger partial charge < -0.3 is 9.42 Å². The molecule has 184 valence electrons. The summed E-state index contributed by atoms with van der Waals surface area (Å²) in [4.78, 5) is 20.2. The number of carbonyl (C=O) groups is 1. The number of amides is 1. The van der Waals surface area contributed by atoms with Crippen molar-refractivity contribution >= 4 is 15.9 Å². The molecule has 0 saturated carbocycles. The van der Waals surface area contributed by atoms with Crippen LogP contribution in [0.25, 0.3) is 11.4 Å². The number of carbonyl (C=O) groups excluding carboxylic acids is 1. The second kappa shape index (κ2) is 9.54. The van der Waals surface area contributed by atoms with E-state index >= 15 is 0 Å². The van der Waals surface area contributed by atoms with E-state index < -0.39 is 10.0 Å². The molecule has 1 atom stereocenters. The molecule has 0 unspecified atom stereocenters. The molecule has 1 aromatic heterocycles. The summed E-state index contributed by atoms with van der Waals surface area (Å²) in [5, 5.41) is 4.17. The Balaban J connectivity index is 1.26. The van der Waals surface area contributed by atoms with Crippen LogP contribution in [0.5, 0.6) is 0 Å². The fourth-order valence-corrected chi connectivity index (χ4v) is 6.50. The Kier molecular flexibility index (Phi) is 6.46. The van der Waals surface area contributed by atoms with Gasteiger partial charge in [-0.05, 0) is 57.2 Å². The third-order valence-corrected chi connectivity index (χ3v) is 9.02. The fraction of sp³-hybridized carbons (Fsp3) is 0.423. The van der Waals surface area contributed by atoms with Crippen LogP contribution in [0.3, 0.4) is 0 Å². The Morgan fingerprint density at radius 1 is 0.971 bits per heavy atom. The first-order valence-electron chi connectivity index (χ1n) is 12.1. The first-order valence-corrected chi connectivity index (χ1v) is 13.6. The lowest BCUT2D eigenvalue weighted by Crippen LogP contribution is -2.44. The summed E-state index contributed by atoms with van der Waals surface area (Å²) < 4.78 is 33.1. The number of piperidine rings is 1. The molecule has 2 aliphatic heterocycles. The molecule has 0 aliphatic carbocycles. The Bertz CT molecular complexity index is 1310. The maximum absolute atomic E-state index is 13.4. The summed E-state index contributed by atoms with van der Waals surface area (Å²) in [6.45, 7) is 5.25. The van der Waals surface area contributed by atoms with Crippen LogP contribution >= 0.6 is 0 Å². The lowest BCUT2D eigenvalue weighted by atomic mass is 9.96. The smallest absolute Gasteiger partial charge is 0.249 e.